The number of furan rings is 1. The van der Waals surface area contributed by atoms with Crippen LogP contribution in [-0.2, 0) is 4.79 Å². The summed E-state index contributed by atoms with van der Waals surface area (Å²) in [4.78, 5) is 24.9. The molecule has 1 aromatic heterocycles. The number of amides is 1. The minimum Gasteiger partial charge on any atom is -0.457 e. The van der Waals surface area contributed by atoms with Crippen molar-refractivity contribution in [3.05, 3.63) is 85.9 Å². The lowest BCUT2D eigenvalue weighted by Crippen LogP contribution is -2.27. The van der Waals surface area contributed by atoms with Gasteiger partial charge in [-0.2, -0.15) is 0 Å². The minimum absolute atomic E-state index is 0.0502. The Morgan fingerprint density at radius 3 is 2.41 bits per heavy atom. The van der Waals surface area contributed by atoms with Crippen LogP contribution in [0.3, 0.4) is 0 Å². The number of hydrogen-bond acceptors (Lipinski definition) is 6. The number of carbonyl (C=O) groups is 1. The van der Waals surface area contributed by atoms with E-state index in [1.165, 1.54) is 29.2 Å². The zero-order valence-electron chi connectivity index (χ0n) is 14.6. The number of nitro benzene ring substituents is 1. The van der Waals surface area contributed by atoms with Gasteiger partial charge in [-0.25, -0.2) is 0 Å². The number of nitro groups is 1. The van der Waals surface area contributed by atoms with Crippen molar-refractivity contribution in [1.82, 2.24) is 0 Å². The molecule has 0 bridgehead atoms. The van der Waals surface area contributed by atoms with Crippen LogP contribution in [0.25, 0.3) is 17.4 Å². The minimum atomic E-state index is -0.492. The number of non-ortho nitro benzene ring substituents is 1. The second-order valence-electron chi connectivity index (χ2n) is 6.00. The molecule has 0 aliphatic carbocycles. The topological polar surface area (TPSA) is 76.6 Å². The van der Waals surface area contributed by atoms with Crippen LogP contribution >= 0.6 is 39.9 Å². The van der Waals surface area contributed by atoms with Gasteiger partial charge in [0.05, 0.1) is 15.5 Å². The molecule has 1 saturated heterocycles. The maximum absolute atomic E-state index is 12.8. The van der Waals surface area contributed by atoms with Crippen LogP contribution in [0.2, 0.25) is 0 Å². The molecule has 0 unspecified atom stereocenters. The number of carbonyl (C=O) groups excluding carboxylic acids is 1. The Bertz CT molecular complexity index is 1150. The van der Waals surface area contributed by atoms with Gasteiger partial charge < -0.3 is 4.42 Å². The van der Waals surface area contributed by atoms with E-state index in [9.17, 15) is 14.9 Å². The van der Waals surface area contributed by atoms with E-state index < -0.39 is 4.92 Å². The number of halogens is 1. The van der Waals surface area contributed by atoms with E-state index in [4.69, 9.17) is 16.6 Å². The first-order valence-electron chi connectivity index (χ1n) is 8.30. The van der Waals surface area contributed by atoms with E-state index in [-0.39, 0.29) is 11.6 Å². The largest absolute Gasteiger partial charge is 0.457 e. The highest BCUT2D eigenvalue weighted by atomic mass is 79.9. The van der Waals surface area contributed by atoms with Crippen LogP contribution < -0.4 is 4.90 Å². The molecule has 1 amide bonds. The van der Waals surface area contributed by atoms with Crippen molar-refractivity contribution in [2.24, 2.45) is 0 Å². The van der Waals surface area contributed by atoms with Gasteiger partial charge in [-0.1, -0.05) is 52.0 Å². The smallest absolute Gasteiger partial charge is 0.270 e. The Hall–Kier alpha value is -2.75. The molecule has 3 aromatic rings. The number of benzene rings is 2. The molecule has 4 rings (SSSR count). The van der Waals surface area contributed by atoms with E-state index >= 15 is 0 Å². The van der Waals surface area contributed by atoms with Crippen LogP contribution in [0.15, 0.2) is 74.5 Å². The Morgan fingerprint density at radius 1 is 1.07 bits per heavy atom. The van der Waals surface area contributed by atoms with Crippen molar-refractivity contribution in [2.75, 3.05) is 4.90 Å². The van der Waals surface area contributed by atoms with Crippen molar-refractivity contribution in [3.63, 3.8) is 0 Å². The second kappa shape index (κ2) is 7.94. The van der Waals surface area contributed by atoms with E-state index in [0.717, 1.165) is 21.8 Å². The first kappa shape index (κ1) is 19.6. The number of thiocarbonyl (C=S) groups is 1. The molecule has 0 radical (unpaired) electrons. The molecule has 1 aliphatic heterocycles. The summed E-state index contributed by atoms with van der Waals surface area (Å²) in [6.45, 7) is 0. The highest BCUT2D eigenvalue weighted by Crippen LogP contribution is 2.37. The summed E-state index contributed by atoms with van der Waals surface area (Å²) in [5.41, 5.74) is 1.36. The van der Waals surface area contributed by atoms with Crippen molar-refractivity contribution in [2.45, 2.75) is 0 Å². The molecule has 1 fully saturated rings. The number of anilines is 1. The quantitative estimate of drug-likeness (QED) is 0.194. The molecule has 0 saturated carbocycles. The van der Waals surface area contributed by atoms with Crippen molar-refractivity contribution in [3.8, 4) is 11.3 Å². The fourth-order valence-corrected chi connectivity index (χ4v) is 4.29. The van der Waals surface area contributed by atoms with Crippen molar-refractivity contribution < 1.29 is 14.1 Å². The standard InChI is InChI=1S/C20H11BrN2O4S2/c21-13-3-1-12(2-4-13)17-10-9-16(27-17)11-18-19(24)22(20(28)29-18)14-5-7-15(8-6-14)23(25)26/h1-11H/b18-11-. The summed E-state index contributed by atoms with van der Waals surface area (Å²) in [6, 6.07) is 17.0. The molecular weight excluding hydrogens is 476 g/mol. The highest BCUT2D eigenvalue weighted by Gasteiger charge is 2.33. The van der Waals surface area contributed by atoms with Crippen LogP contribution in [0.5, 0.6) is 0 Å². The Morgan fingerprint density at radius 2 is 1.76 bits per heavy atom. The van der Waals surface area contributed by atoms with E-state index in [1.54, 1.807) is 12.1 Å². The summed E-state index contributed by atoms with van der Waals surface area (Å²) in [6.07, 6.45) is 1.65. The fraction of sp³-hybridized carbons (Fsp3) is 0. The van der Waals surface area contributed by atoms with E-state index in [0.29, 0.717) is 26.4 Å². The van der Waals surface area contributed by atoms with Gasteiger partial charge in [-0.05, 0) is 36.4 Å². The van der Waals surface area contributed by atoms with Gasteiger partial charge in [0, 0.05) is 28.2 Å². The SMILES string of the molecule is O=C1/C(=C/c2ccc(-c3ccc(Br)cc3)o2)SC(=S)N1c1ccc([N+](=O)[O-])cc1. The zero-order chi connectivity index (χ0) is 20.5. The van der Waals surface area contributed by atoms with E-state index in [1.807, 2.05) is 30.3 Å². The van der Waals surface area contributed by atoms with Gasteiger partial charge in [0.1, 0.15) is 11.5 Å². The van der Waals surface area contributed by atoms with Crippen molar-refractivity contribution in [1.29, 1.82) is 0 Å². The van der Waals surface area contributed by atoms with Crippen molar-refractivity contribution >= 4 is 67.6 Å². The lowest BCUT2D eigenvalue weighted by Gasteiger charge is -2.13. The van der Waals surface area contributed by atoms with Gasteiger partial charge in [-0.3, -0.25) is 19.8 Å². The molecule has 29 heavy (non-hydrogen) atoms. The average Bonchev–Trinajstić information content (AvgIpc) is 3.27. The van der Waals surface area contributed by atoms with Gasteiger partial charge in [0.25, 0.3) is 11.6 Å². The molecule has 9 heteroatoms. The molecule has 144 valence electrons. The molecular formula is C20H11BrN2O4S2. The lowest BCUT2D eigenvalue weighted by molar-refractivity contribution is -0.384. The third-order valence-electron chi connectivity index (χ3n) is 4.14. The summed E-state index contributed by atoms with van der Waals surface area (Å²) in [5, 5.41) is 10.8. The predicted molar refractivity (Wildman–Crippen MR) is 121 cm³/mol. The van der Waals surface area contributed by atoms with Gasteiger partial charge in [-0.15, -0.1) is 0 Å². The highest BCUT2D eigenvalue weighted by molar-refractivity contribution is 9.10. The number of hydrogen-bond donors (Lipinski definition) is 0. The Balaban J connectivity index is 1.58. The molecule has 2 heterocycles. The summed E-state index contributed by atoms with van der Waals surface area (Å²) < 4.78 is 7.18. The maximum atomic E-state index is 12.8. The number of thioether (sulfide) groups is 1. The molecule has 1 aliphatic rings. The second-order valence-corrected chi connectivity index (χ2v) is 8.59. The summed E-state index contributed by atoms with van der Waals surface area (Å²) >= 11 is 9.89. The average molecular weight is 487 g/mol. The molecule has 0 spiro atoms. The number of nitrogens with zero attached hydrogens (tertiary/aromatic N) is 2. The fourth-order valence-electron chi connectivity index (χ4n) is 2.74. The normalized spacial score (nSPS) is 15.3. The Labute approximate surface area is 183 Å². The van der Waals surface area contributed by atoms with Gasteiger partial charge in [0.15, 0.2) is 4.32 Å². The molecule has 0 N–H and O–H groups in total. The summed E-state index contributed by atoms with van der Waals surface area (Å²) in [7, 11) is 0. The molecule has 0 atom stereocenters. The van der Waals surface area contributed by atoms with E-state index in [2.05, 4.69) is 15.9 Å². The first-order valence-corrected chi connectivity index (χ1v) is 10.3. The monoisotopic (exact) mass is 486 g/mol. The van der Waals surface area contributed by atoms with Gasteiger partial charge >= 0.3 is 0 Å². The third kappa shape index (κ3) is 4.02. The van der Waals surface area contributed by atoms with Crippen LogP contribution in [0, 0.1) is 10.1 Å². The van der Waals surface area contributed by atoms with Crippen LogP contribution in [-0.4, -0.2) is 15.2 Å². The number of rotatable bonds is 4. The van der Waals surface area contributed by atoms with Crippen LogP contribution in [0.4, 0.5) is 11.4 Å². The van der Waals surface area contributed by atoms with Crippen LogP contribution in [0.1, 0.15) is 5.76 Å². The summed E-state index contributed by atoms with van der Waals surface area (Å²) in [5.74, 6) is 0.928. The third-order valence-corrected chi connectivity index (χ3v) is 5.97. The molecule has 6 nitrogen and oxygen atoms in total. The Kier molecular flexibility index (Phi) is 5.35. The predicted octanol–water partition coefficient (Wildman–Crippen LogP) is 6.02. The first-order chi connectivity index (χ1) is 13.9. The molecule has 2 aromatic carbocycles. The van der Waals surface area contributed by atoms with Gasteiger partial charge in [0.2, 0.25) is 0 Å². The maximum Gasteiger partial charge on any atom is 0.270 e. The lowest BCUT2D eigenvalue weighted by atomic mass is 10.2. The zero-order valence-corrected chi connectivity index (χ0v) is 17.8.